The van der Waals surface area contributed by atoms with Gasteiger partial charge in [0.05, 0.1) is 24.3 Å². The van der Waals surface area contributed by atoms with Gasteiger partial charge in [0.1, 0.15) is 24.6 Å². The van der Waals surface area contributed by atoms with Crippen molar-refractivity contribution in [1.29, 1.82) is 0 Å². The summed E-state index contributed by atoms with van der Waals surface area (Å²) in [5.74, 6) is -1.51. The van der Waals surface area contributed by atoms with Crippen molar-refractivity contribution in [1.82, 2.24) is 0 Å². The molecule has 0 bridgehead atoms. The molecule has 3 unspecified atom stereocenters. The number of benzene rings is 1. The maximum Gasteiger partial charge on any atom is 0.302 e. The first-order chi connectivity index (χ1) is 14.8. The number of carbonyl (C=O) groups excluding carboxylic acids is 2. The molecule has 3 rings (SSSR count). The molecule has 31 heavy (non-hydrogen) atoms. The summed E-state index contributed by atoms with van der Waals surface area (Å²) >= 11 is 6.39. The third-order valence-corrected chi connectivity index (χ3v) is 5.66. The minimum atomic E-state index is -1.22. The molecular formula is C22H29ClO8. The predicted molar refractivity (Wildman–Crippen MR) is 111 cm³/mol. The number of hydrogen-bond donors (Lipinski definition) is 0. The van der Waals surface area contributed by atoms with Gasteiger partial charge in [-0.1, -0.05) is 17.7 Å². The first kappa shape index (κ1) is 23.8. The van der Waals surface area contributed by atoms with Crippen LogP contribution >= 0.6 is 11.6 Å². The van der Waals surface area contributed by atoms with E-state index in [1.165, 1.54) is 21.0 Å². The normalized spacial score (nSPS) is 26.8. The zero-order valence-corrected chi connectivity index (χ0v) is 18.8. The number of ether oxygens (including phenoxy) is 6. The van der Waals surface area contributed by atoms with E-state index >= 15 is 0 Å². The number of esters is 2. The van der Waals surface area contributed by atoms with E-state index in [9.17, 15) is 9.59 Å². The average molecular weight is 457 g/mol. The Kier molecular flexibility index (Phi) is 8.16. The van der Waals surface area contributed by atoms with Crippen molar-refractivity contribution in [2.45, 2.75) is 63.6 Å². The van der Waals surface area contributed by atoms with Gasteiger partial charge >= 0.3 is 11.9 Å². The molecule has 8 nitrogen and oxygen atoms in total. The van der Waals surface area contributed by atoms with Crippen molar-refractivity contribution in [3.8, 4) is 5.75 Å². The van der Waals surface area contributed by atoms with E-state index in [2.05, 4.69) is 0 Å². The Morgan fingerprint density at radius 1 is 1.16 bits per heavy atom. The Hall–Kier alpha value is -1.87. The molecule has 172 valence electrons. The van der Waals surface area contributed by atoms with Gasteiger partial charge in [0.15, 0.2) is 5.79 Å². The summed E-state index contributed by atoms with van der Waals surface area (Å²) in [6, 6.07) is 5.31. The van der Waals surface area contributed by atoms with Crippen molar-refractivity contribution in [2.24, 2.45) is 0 Å². The lowest BCUT2D eigenvalue weighted by molar-refractivity contribution is -0.300. The van der Waals surface area contributed by atoms with Crippen LogP contribution in [0.4, 0.5) is 0 Å². The molecule has 3 atom stereocenters. The standard InChI is InChI=1S/C22H29ClO8/c1-14(24)28-13-19-11-18(29-15(2)25)12-22(26-3,31-19)16-4-5-20(23)21(10-16)30-17-6-8-27-9-7-17/h4-5,10,17-19H,6-9,11-13H2,1-3H3. The molecule has 0 spiro atoms. The molecule has 2 aliphatic heterocycles. The SMILES string of the molecule is COC1(c2ccc(Cl)c(OC3CCOCC3)c2)CC(OC(C)=O)CC(COC(C)=O)O1. The molecule has 9 heteroatoms. The van der Waals surface area contributed by atoms with E-state index in [1.54, 1.807) is 18.2 Å². The molecule has 1 aromatic carbocycles. The first-order valence-electron chi connectivity index (χ1n) is 10.4. The van der Waals surface area contributed by atoms with Crippen LogP contribution in [0.15, 0.2) is 18.2 Å². The van der Waals surface area contributed by atoms with Crippen LogP contribution in [-0.4, -0.2) is 57.2 Å². The number of halogens is 1. The van der Waals surface area contributed by atoms with Crippen LogP contribution in [0, 0.1) is 0 Å². The third-order valence-electron chi connectivity index (χ3n) is 5.35. The van der Waals surface area contributed by atoms with Gasteiger partial charge in [-0.05, 0) is 12.1 Å². The minimum Gasteiger partial charge on any atom is -0.489 e. The highest BCUT2D eigenvalue weighted by Gasteiger charge is 2.45. The molecule has 1 aromatic rings. The van der Waals surface area contributed by atoms with Gasteiger partial charge in [0, 0.05) is 52.2 Å². The highest BCUT2D eigenvalue weighted by Crippen LogP contribution is 2.42. The summed E-state index contributed by atoms with van der Waals surface area (Å²) in [6.07, 6.45) is 1.25. The molecule has 0 radical (unpaired) electrons. The zero-order chi connectivity index (χ0) is 22.4. The van der Waals surface area contributed by atoms with Crippen LogP contribution in [-0.2, 0) is 39.1 Å². The molecule has 2 fully saturated rings. The van der Waals surface area contributed by atoms with Crippen molar-refractivity contribution in [2.75, 3.05) is 26.9 Å². The van der Waals surface area contributed by atoms with E-state index in [0.29, 0.717) is 36.0 Å². The quantitative estimate of drug-likeness (QED) is 0.577. The summed E-state index contributed by atoms with van der Waals surface area (Å²) < 4.78 is 34.2. The van der Waals surface area contributed by atoms with E-state index in [4.69, 9.17) is 40.0 Å². The molecule has 2 aliphatic rings. The molecule has 0 N–H and O–H groups in total. The van der Waals surface area contributed by atoms with Crippen LogP contribution < -0.4 is 4.74 Å². The zero-order valence-electron chi connectivity index (χ0n) is 18.1. The van der Waals surface area contributed by atoms with Crippen LogP contribution in [0.25, 0.3) is 0 Å². The highest BCUT2D eigenvalue weighted by atomic mass is 35.5. The summed E-state index contributed by atoms with van der Waals surface area (Å²) in [6.45, 7) is 4.00. The molecule has 2 saturated heterocycles. The molecule has 0 aliphatic carbocycles. The van der Waals surface area contributed by atoms with Crippen LogP contribution in [0.3, 0.4) is 0 Å². The fraction of sp³-hybridized carbons (Fsp3) is 0.636. The molecule has 0 saturated carbocycles. The Labute approximate surface area is 187 Å². The number of hydrogen-bond acceptors (Lipinski definition) is 8. The molecule has 0 amide bonds. The first-order valence-corrected chi connectivity index (χ1v) is 10.8. The van der Waals surface area contributed by atoms with Crippen LogP contribution in [0.1, 0.15) is 45.1 Å². The third kappa shape index (κ3) is 6.32. The van der Waals surface area contributed by atoms with Gasteiger partial charge in [-0.3, -0.25) is 9.59 Å². The second-order valence-corrected chi connectivity index (χ2v) is 8.15. The van der Waals surface area contributed by atoms with Gasteiger partial charge < -0.3 is 28.4 Å². The lowest BCUT2D eigenvalue weighted by Crippen LogP contribution is -2.48. The van der Waals surface area contributed by atoms with Gasteiger partial charge in [-0.2, -0.15) is 0 Å². The fourth-order valence-electron chi connectivity index (χ4n) is 3.92. The summed E-state index contributed by atoms with van der Waals surface area (Å²) in [5.41, 5.74) is 0.672. The summed E-state index contributed by atoms with van der Waals surface area (Å²) in [7, 11) is 1.52. The van der Waals surface area contributed by atoms with Crippen LogP contribution in [0.5, 0.6) is 5.75 Å². The smallest absolute Gasteiger partial charge is 0.302 e. The summed E-state index contributed by atoms with van der Waals surface area (Å²) in [4.78, 5) is 22.9. The Morgan fingerprint density at radius 2 is 1.90 bits per heavy atom. The second kappa shape index (κ2) is 10.6. The lowest BCUT2D eigenvalue weighted by Gasteiger charge is -2.43. The number of rotatable bonds is 7. The largest absolute Gasteiger partial charge is 0.489 e. The Morgan fingerprint density at radius 3 is 2.55 bits per heavy atom. The van der Waals surface area contributed by atoms with Crippen molar-refractivity contribution in [3.63, 3.8) is 0 Å². The fourth-order valence-corrected chi connectivity index (χ4v) is 4.08. The van der Waals surface area contributed by atoms with Crippen molar-refractivity contribution < 1.29 is 38.0 Å². The van der Waals surface area contributed by atoms with E-state index in [0.717, 1.165) is 12.8 Å². The van der Waals surface area contributed by atoms with Crippen LogP contribution in [0.2, 0.25) is 5.02 Å². The topological polar surface area (TPSA) is 89.5 Å². The lowest BCUT2D eigenvalue weighted by atomic mass is 9.92. The van der Waals surface area contributed by atoms with Crippen molar-refractivity contribution in [3.05, 3.63) is 28.8 Å². The molecular weight excluding hydrogens is 428 g/mol. The van der Waals surface area contributed by atoms with Gasteiger partial charge in [0.2, 0.25) is 0 Å². The van der Waals surface area contributed by atoms with E-state index in [-0.39, 0.29) is 19.1 Å². The average Bonchev–Trinajstić information content (AvgIpc) is 2.74. The number of methoxy groups -OCH3 is 1. The van der Waals surface area contributed by atoms with Crippen molar-refractivity contribution >= 4 is 23.5 Å². The van der Waals surface area contributed by atoms with Gasteiger partial charge in [-0.25, -0.2) is 0 Å². The highest BCUT2D eigenvalue weighted by molar-refractivity contribution is 6.32. The monoisotopic (exact) mass is 456 g/mol. The van der Waals surface area contributed by atoms with Gasteiger partial charge in [0.25, 0.3) is 0 Å². The maximum absolute atomic E-state index is 11.6. The summed E-state index contributed by atoms with van der Waals surface area (Å²) in [5, 5.41) is 0.477. The van der Waals surface area contributed by atoms with Gasteiger partial charge in [-0.15, -0.1) is 0 Å². The number of carbonyl (C=O) groups is 2. The van der Waals surface area contributed by atoms with E-state index in [1.807, 2.05) is 0 Å². The maximum atomic E-state index is 11.6. The molecule has 2 heterocycles. The Bertz CT molecular complexity index is 779. The predicted octanol–water partition coefficient (Wildman–Crippen LogP) is 3.37. The van der Waals surface area contributed by atoms with E-state index < -0.39 is 29.9 Å². The minimum absolute atomic E-state index is 0.0118. The molecule has 0 aromatic heterocycles. The second-order valence-electron chi connectivity index (χ2n) is 7.75. The Balaban J connectivity index is 1.87.